The van der Waals surface area contributed by atoms with E-state index in [1.165, 1.54) is 4.88 Å². The molecule has 1 fully saturated rings. The molecule has 2 aromatic rings. The van der Waals surface area contributed by atoms with Gasteiger partial charge in [0.05, 0.1) is 0 Å². The van der Waals surface area contributed by atoms with Crippen LogP contribution in [0.5, 0.6) is 0 Å². The number of aliphatic hydroxyl groups excluding tert-OH is 1. The monoisotopic (exact) mass is 293 g/mol. The summed E-state index contributed by atoms with van der Waals surface area (Å²) in [5.41, 5.74) is 0.515. The summed E-state index contributed by atoms with van der Waals surface area (Å²) in [6.45, 7) is 2.93. The van der Waals surface area contributed by atoms with Gasteiger partial charge in [-0.3, -0.25) is 9.20 Å². The third-order valence-electron chi connectivity index (χ3n) is 3.84. The van der Waals surface area contributed by atoms with Crippen molar-refractivity contribution < 1.29 is 9.90 Å². The van der Waals surface area contributed by atoms with Crippen molar-refractivity contribution in [1.29, 1.82) is 0 Å². The minimum atomic E-state index is -0.00305. The van der Waals surface area contributed by atoms with Gasteiger partial charge in [0.1, 0.15) is 5.69 Å². The van der Waals surface area contributed by atoms with Crippen LogP contribution in [-0.4, -0.2) is 44.5 Å². The number of likely N-dealkylation sites (tertiary alicyclic amines) is 1. The van der Waals surface area contributed by atoms with E-state index in [-0.39, 0.29) is 18.6 Å². The van der Waals surface area contributed by atoms with Gasteiger partial charge in [-0.2, -0.15) is 0 Å². The Kier molecular flexibility index (Phi) is 3.76. The smallest absolute Gasteiger partial charge is 0.274 e. The van der Waals surface area contributed by atoms with Crippen molar-refractivity contribution in [2.24, 2.45) is 0 Å². The first kappa shape index (κ1) is 13.6. The Bertz CT molecular complexity index is 585. The Morgan fingerprint density at radius 2 is 2.35 bits per heavy atom. The van der Waals surface area contributed by atoms with Crippen LogP contribution in [0, 0.1) is 6.92 Å². The van der Waals surface area contributed by atoms with Gasteiger partial charge in [0.25, 0.3) is 5.91 Å². The molecule has 0 aromatic carbocycles. The third-order valence-corrected chi connectivity index (χ3v) is 4.75. The molecule has 1 unspecified atom stereocenters. The minimum absolute atomic E-state index is 0.00305. The summed E-state index contributed by atoms with van der Waals surface area (Å²) < 4.78 is 1.91. The lowest BCUT2D eigenvalue weighted by Crippen LogP contribution is -2.44. The van der Waals surface area contributed by atoms with Gasteiger partial charge in [-0.15, -0.1) is 11.3 Å². The normalized spacial score (nSPS) is 19.7. The predicted octanol–water partition coefficient (Wildman–Crippen LogP) is 2.08. The number of aromatic nitrogens is 2. The summed E-state index contributed by atoms with van der Waals surface area (Å²) in [4.78, 5) is 21.0. The molecule has 2 aromatic heterocycles. The van der Waals surface area contributed by atoms with E-state index >= 15 is 0 Å². The molecule has 1 aliphatic rings. The van der Waals surface area contributed by atoms with Crippen molar-refractivity contribution in [2.45, 2.75) is 38.6 Å². The largest absolute Gasteiger partial charge is 0.396 e. The molecule has 1 amide bonds. The van der Waals surface area contributed by atoms with Crippen LogP contribution >= 0.6 is 11.3 Å². The molecule has 0 radical (unpaired) electrons. The lowest BCUT2D eigenvalue weighted by atomic mass is 9.99. The van der Waals surface area contributed by atoms with Crippen molar-refractivity contribution >= 4 is 22.2 Å². The molecule has 1 aliphatic heterocycles. The number of hydrogen-bond acceptors (Lipinski definition) is 4. The number of nitrogens with zero attached hydrogens (tertiary/aromatic N) is 3. The number of imidazole rings is 1. The van der Waals surface area contributed by atoms with Crippen LogP contribution in [-0.2, 0) is 0 Å². The molecule has 1 N–H and O–H groups in total. The van der Waals surface area contributed by atoms with Crippen LogP contribution in [0.4, 0.5) is 0 Å². The molecule has 3 heterocycles. The molecule has 6 heteroatoms. The minimum Gasteiger partial charge on any atom is -0.396 e. The highest BCUT2D eigenvalue weighted by Crippen LogP contribution is 2.23. The summed E-state index contributed by atoms with van der Waals surface area (Å²) in [6, 6.07) is 0.155. The Morgan fingerprint density at radius 3 is 3.10 bits per heavy atom. The second-order valence-electron chi connectivity index (χ2n) is 5.32. The maximum Gasteiger partial charge on any atom is 0.274 e. The Labute approximate surface area is 121 Å². The molecule has 0 spiro atoms. The number of amides is 1. The van der Waals surface area contributed by atoms with E-state index in [2.05, 4.69) is 4.98 Å². The summed E-state index contributed by atoms with van der Waals surface area (Å²) in [5.74, 6) is -0.00305. The summed E-state index contributed by atoms with van der Waals surface area (Å²) in [5, 5.41) is 9.14. The van der Waals surface area contributed by atoms with Gasteiger partial charge in [-0.25, -0.2) is 4.98 Å². The maximum absolute atomic E-state index is 12.6. The van der Waals surface area contributed by atoms with E-state index in [0.717, 1.165) is 30.8 Å². The first-order chi connectivity index (χ1) is 9.69. The van der Waals surface area contributed by atoms with Gasteiger partial charge in [-0.05, 0) is 32.6 Å². The molecule has 108 valence electrons. The second-order valence-corrected chi connectivity index (χ2v) is 6.53. The molecular formula is C14H19N3O2S. The van der Waals surface area contributed by atoms with Crippen molar-refractivity contribution in [3.05, 3.63) is 23.0 Å². The van der Waals surface area contributed by atoms with E-state index in [1.54, 1.807) is 11.3 Å². The Balaban J connectivity index is 1.83. The Morgan fingerprint density at radius 1 is 1.50 bits per heavy atom. The van der Waals surface area contributed by atoms with Gasteiger partial charge in [0.2, 0.25) is 0 Å². The number of rotatable bonds is 3. The van der Waals surface area contributed by atoms with Gasteiger partial charge in [0.15, 0.2) is 4.96 Å². The fourth-order valence-corrected chi connectivity index (χ4v) is 3.69. The number of aliphatic hydroxyl groups is 1. The average Bonchev–Trinajstić information content (AvgIpc) is 2.96. The standard InChI is InChI=1S/C14H19N3O2S/c1-10-8-16-9-12(15-14(16)20-10)13(19)17-6-3-2-4-11(17)5-7-18/h8-9,11,18H,2-7H2,1H3. The average molecular weight is 293 g/mol. The highest BCUT2D eigenvalue weighted by atomic mass is 32.1. The molecule has 0 bridgehead atoms. The van der Waals surface area contributed by atoms with Crippen LogP contribution in [0.1, 0.15) is 41.0 Å². The van der Waals surface area contributed by atoms with Gasteiger partial charge in [-0.1, -0.05) is 0 Å². The lowest BCUT2D eigenvalue weighted by Gasteiger charge is -2.35. The van der Waals surface area contributed by atoms with Gasteiger partial charge < -0.3 is 10.0 Å². The van der Waals surface area contributed by atoms with Crippen LogP contribution in [0.2, 0.25) is 0 Å². The van der Waals surface area contributed by atoms with E-state index in [1.807, 2.05) is 28.6 Å². The second kappa shape index (κ2) is 5.54. The molecule has 0 aliphatic carbocycles. The number of hydrogen-bond donors (Lipinski definition) is 1. The molecule has 1 saturated heterocycles. The molecule has 5 nitrogen and oxygen atoms in total. The quantitative estimate of drug-likeness (QED) is 0.942. The van der Waals surface area contributed by atoms with Crippen molar-refractivity contribution in [1.82, 2.24) is 14.3 Å². The van der Waals surface area contributed by atoms with Gasteiger partial charge in [0, 0.05) is 36.5 Å². The van der Waals surface area contributed by atoms with Crippen LogP contribution in [0.3, 0.4) is 0 Å². The fraction of sp³-hybridized carbons (Fsp3) is 0.571. The highest BCUT2D eigenvalue weighted by Gasteiger charge is 2.28. The first-order valence-electron chi connectivity index (χ1n) is 7.06. The summed E-state index contributed by atoms with van der Waals surface area (Å²) in [7, 11) is 0. The van der Waals surface area contributed by atoms with E-state index < -0.39 is 0 Å². The number of carbonyl (C=O) groups excluding carboxylic acids is 1. The third kappa shape index (κ3) is 2.45. The number of thiazole rings is 1. The summed E-state index contributed by atoms with van der Waals surface area (Å²) in [6.07, 6.45) is 7.61. The van der Waals surface area contributed by atoms with Crippen LogP contribution in [0.25, 0.3) is 4.96 Å². The lowest BCUT2D eigenvalue weighted by molar-refractivity contribution is 0.0569. The SMILES string of the molecule is Cc1cn2cc(C(=O)N3CCCCC3CCO)nc2s1. The van der Waals surface area contributed by atoms with E-state index in [4.69, 9.17) is 5.11 Å². The maximum atomic E-state index is 12.6. The number of aryl methyl sites for hydroxylation is 1. The molecule has 1 atom stereocenters. The van der Waals surface area contributed by atoms with Crippen LogP contribution in [0.15, 0.2) is 12.4 Å². The highest BCUT2D eigenvalue weighted by molar-refractivity contribution is 7.17. The zero-order chi connectivity index (χ0) is 14.1. The van der Waals surface area contributed by atoms with Crippen LogP contribution < -0.4 is 0 Å². The number of fused-ring (bicyclic) bond motifs is 1. The zero-order valence-corrected chi connectivity index (χ0v) is 12.4. The van der Waals surface area contributed by atoms with Crippen molar-refractivity contribution in [3.8, 4) is 0 Å². The summed E-state index contributed by atoms with van der Waals surface area (Å²) >= 11 is 1.59. The molecule has 3 rings (SSSR count). The fourth-order valence-electron chi connectivity index (χ4n) is 2.88. The first-order valence-corrected chi connectivity index (χ1v) is 7.87. The zero-order valence-electron chi connectivity index (χ0n) is 11.6. The van der Waals surface area contributed by atoms with E-state index in [9.17, 15) is 4.79 Å². The topological polar surface area (TPSA) is 57.8 Å². The van der Waals surface area contributed by atoms with Gasteiger partial charge >= 0.3 is 0 Å². The van der Waals surface area contributed by atoms with Crippen molar-refractivity contribution in [3.63, 3.8) is 0 Å². The predicted molar refractivity (Wildman–Crippen MR) is 78.2 cm³/mol. The Hall–Kier alpha value is -1.40. The number of carbonyl (C=O) groups is 1. The molecular weight excluding hydrogens is 274 g/mol. The number of piperidine rings is 1. The van der Waals surface area contributed by atoms with E-state index in [0.29, 0.717) is 12.1 Å². The van der Waals surface area contributed by atoms with Crippen molar-refractivity contribution in [2.75, 3.05) is 13.2 Å². The molecule has 0 saturated carbocycles. The molecule has 20 heavy (non-hydrogen) atoms.